The second-order valence-electron chi connectivity index (χ2n) is 3.64. The molecule has 0 bridgehead atoms. The smallest absolute Gasteiger partial charge is 0.406 e. The predicted molar refractivity (Wildman–Crippen MR) is 59.8 cm³/mol. The Hall–Kier alpha value is -1.74. The van der Waals surface area contributed by atoms with Gasteiger partial charge in [-0.25, -0.2) is 0 Å². The SMILES string of the molecule is CCCNC(C#N)c1cccc(OC(F)(F)F)c1. The van der Waals surface area contributed by atoms with Crippen LogP contribution in [0.3, 0.4) is 0 Å². The minimum absolute atomic E-state index is 0.321. The Kier molecular flexibility index (Phi) is 4.98. The lowest BCUT2D eigenvalue weighted by Crippen LogP contribution is -2.21. The van der Waals surface area contributed by atoms with E-state index in [4.69, 9.17) is 5.26 Å². The first-order valence-corrected chi connectivity index (χ1v) is 5.45. The van der Waals surface area contributed by atoms with Crippen LogP contribution in [0.1, 0.15) is 24.9 Å². The Morgan fingerprint density at radius 1 is 1.44 bits per heavy atom. The van der Waals surface area contributed by atoms with Crippen LogP contribution in [0.25, 0.3) is 0 Å². The summed E-state index contributed by atoms with van der Waals surface area (Å²) >= 11 is 0. The van der Waals surface area contributed by atoms with Crippen LogP contribution in [0.2, 0.25) is 0 Å². The molecule has 0 heterocycles. The molecule has 0 aliphatic carbocycles. The van der Waals surface area contributed by atoms with Gasteiger partial charge in [-0.2, -0.15) is 5.26 Å². The molecule has 18 heavy (non-hydrogen) atoms. The second-order valence-corrected chi connectivity index (χ2v) is 3.64. The molecule has 1 aromatic carbocycles. The van der Waals surface area contributed by atoms with E-state index < -0.39 is 12.4 Å². The average molecular weight is 258 g/mol. The maximum atomic E-state index is 12.1. The molecular formula is C12H13F3N2O. The monoisotopic (exact) mass is 258 g/mol. The molecule has 3 nitrogen and oxygen atoms in total. The fraction of sp³-hybridized carbons (Fsp3) is 0.417. The van der Waals surface area contributed by atoms with Crippen LogP contribution in [-0.2, 0) is 0 Å². The van der Waals surface area contributed by atoms with Crippen molar-refractivity contribution in [3.05, 3.63) is 29.8 Å². The normalized spacial score (nSPS) is 12.8. The molecule has 98 valence electrons. The lowest BCUT2D eigenvalue weighted by Gasteiger charge is -2.13. The van der Waals surface area contributed by atoms with Crippen molar-refractivity contribution in [3.8, 4) is 11.8 Å². The molecule has 1 atom stereocenters. The maximum absolute atomic E-state index is 12.1. The number of hydrogen-bond acceptors (Lipinski definition) is 3. The quantitative estimate of drug-likeness (QED) is 0.882. The number of alkyl halides is 3. The van der Waals surface area contributed by atoms with Gasteiger partial charge in [0.15, 0.2) is 0 Å². The molecule has 6 heteroatoms. The molecule has 0 fully saturated rings. The van der Waals surface area contributed by atoms with E-state index in [1.807, 2.05) is 13.0 Å². The Labute approximate surface area is 103 Å². The van der Waals surface area contributed by atoms with Gasteiger partial charge in [0.25, 0.3) is 0 Å². The molecule has 0 spiro atoms. The van der Waals surface area contributed by atoms with E-state index >= 15 is 0 Å². The van der Waals surface area contributed by atoms with E-state index in [1.165, 1.54) is 18.2 Å². The Bertz CT molecular complexity index is 426. The van der Waals surface area contributed by atoms with Crippen molar-refractivity contribution >= 4 is 0 Å². The molecule has 0 amide bonds. The van der Waals surface area contributed by atoms with Crippen LogP contribution in [0.15, 0.2) is 24.3 Å². The van der Waals surface area contributed by atoms with E-state index in [1.54, 1.807) is 6.07 Å². The third kappa shape index (κ3) is 4.63. The zero-order valence-electron chi connectivity index (χ0n) is 9.79. The molecule has 1 rings (SSSR count). The molecule has 0 aromatic heterocycles. The second kappa shape index (κ2) is 6.26. The first kappa shape index (κ1) is 14.3. The highest BCUT2D eigenvalue weighted by Gasteiger charge is 2.31. The summed E-state index contributed by atoms with van der Waals surface area (Å²) in [6, 6.07) is 6.78. The average Bonchev–Trinajstić information content (AvgIpc) is 2.28. The number of rotatable bonds is 5. The fourth-order valence-electron chi connectivity index (χ4n) is 1.42. The topological polar surface area (TPSA) is 45.0 Å². The summed E-state index contributed by atoms with van der Waals surface area (Å²) in [6.07, 6.45) is -3.89. The van der Waals surface area contributed by atoms with Crippen molar-refractivity contribution in [2.45, 2.75) is 25.7 Å². The number of nitriles is 1. The van der Waals surface area contributed by atoms with Gasteiger partial charge < -0.3 is 4.74 Å². The summed E-state index contributed by atoms with van der Waals surface area (Å²) in [5.74, 6) is -0.321. The van der Waals surface area contributed by atoms with Gasteiger partial charge in [0.1, 0.15) is 11.8 Å². The van der Waals surface area contributed by atoms with E-state index in [0.717, 1.165) is 6.42 Å². The van der Waals surface area contributed by atoms with Crippen LogP contribution >= 0.6 is 0 Å². The predicted octanol–water partition coefficient (Wildman–Crippen LogP) is 3.15. The molecule has 1 N–H and O–H groups in total. The Morgan fingerprint density at radius 3 is 2.72 bits per heavy atom. The summed E-state index contributed by atoms with van der Waals surface area (Å²) in [7, 11) is 0. The van der Waals surface area contributed by atoms with Gasteiger partial charge in [0.2, 0.25) is 0 Å². The molecule has 0 radical (unpaired) electrons. The van der Waals surface area contributed by atoms with Crippen LogP contribution in [0, 0.1) is 11.3 Å². The Balaban J connectivity index is 2.83. The maximum Gasteiger partial charge on any atom is 0.573 e. The number of hydrogen-bond donors (Lipinski definition) is 1. The summed E-state index contributed by atoms with van der Waals surface area (Å²) in [5, 5.41) is 11.9. The summed E-state index contributed by atoms with van der Waals surface area (Å²) in [5.41, 5.74) is 0.452. The lowest BCUT2D eigenvalue weighted by atomic mass is 10.1. The Morgan fingerprint density at radius 2 is 2.17 bits per heavy atom. The van der Waals surface area contributed by atoms with Crippen molar-refractivity contribution in [2.75, 3.05) is 6.54 Å². The summed E-state index contributed by atoms with van der Waals surface area (Å²) < 4.78 is 40.0. The number of halogens is 3. The highest BCUT2D eigenvalue weighted by atomic mass is 19.4. The van der Waals surface area contributed by atoms with E-state index in [0.29, 0.717) is 12.1 Å². The van der Waals surface area contributed by atoms with Crippen molar-refractivity contribution in [1.29, 1.82) is 5.26 Å². The van der Waals surface area contributed by atoms with Crippen LogP contribution in [0.4, 0.5) is 13.2 Å². The minimum atomic E-state index is -4.72. The van der Waals surface area contributed by atoms with Crippen molar-refractivity contribution in [2.24, 2.45) is 0 Å². The highest BCUT2D eigenvalue weighted by molar-refractivity contribution is 5.33. The first-order valence-electron chi connectivity index (χ1n) is 5.45. The zero-order valence-corrected chi connectivity index (χ0v) is 9.79. The van der Waals surface area contributed by atoms with Crippen LogP contribution < -0.4 is 10.1 Å². The standard InChI is InChI=1S/C12H13F3N2O/c1-2-6-17-11(8-16)9-4-3-5-10(7-9)18-12(13,14)15/h3-5,7,11,17H,2,6H2,1H3. The van der Waals surface area contributed by atoms with Crippen molar-refractivity contribution in [1.82, 2.24) is 5.32 Å². The van der Waals surface area contributed by atoms with Gasteiger partial charge in [-0.15, -0.1) is 13.2 Å². The fourth-order valence-corrected chi connectivity index (χ4v) is 1.42. The zero-order chi connectivity index (χ0) is 13.6. The van der Waals surface area contributed by atoms with Crippen LogP contribution in [-0.4, -0.2) is 12.9 Å². The van der Waals surface area contributed by atoms with E-state index in [2.05, 4.69) is 10.1 Å². The van der Waals surface area contributed by atoms with Gasteiger partial charge in [-0.1, -0.05) is 19.1 Å². The largest absolute Gasteiger partial charge is 0.573 e. The highest BCUT2D eigenvalue weighted by Crippen LogP contribution is 2.25. The molecule has 0 saturated carbocycles. The minimum Gasteiger partial charge on any atom is -0.406 e. The van der Waals surface area contributed by atoms with Crippen LogP contribution in [0.5, 0.6) is 5.75 Å². The summed E-state index contributed by atoms with van der Waals surface area (Å²) in [6.45, 7) is 2.55. The molecule has 0 aliphatic heterocycles. The van der Waals surface area contributed by atoms with Gasteiger partial charge in [0, 0.05) is 0 Å². The number of ether oxygens (including phenoxy) is 1. The number of benzene rings is 1. The van der Waals surface area contributed by atoms with E-state index in [9.17, 15) is 13.2 Å². The summed E-state index contributed by atoms with van der Waals surface area (Å²) in [4.78, 5) is 0. The first-order chi connectivity index (χ1) is 8.46. The van der Waals surface area contributed by atoms with Crippen molar-refractivity contribution in [3.63, 3.8) is 0 Å². The molecule has 1 unspecified atom stereocenters. The van der Waals surface area contributed by atoms with Gasteiger partial charge in [-0.3, -0.25) is 5.32 Å². The molecule has 0 saturated heterocycles. The van der Waals surface area contributed by atoms with Gasteiger partial charge >= 0.3 is 6.36 Å². The third-order valence-corrected chi connectivity index (χ3v) is 2.15. The van der Waals surface area contributed by atoms with Gasteiger partial charge in [-0.05, 0) is 30.7 Å². The third-order valence-electron chi connectivity index (χ3n) is 2.15. The number of nitrogens with zero attached hydrogens (tertiary/aromatic N) is 1. The van der Waals surface area contributed by atoms with E-state index in [-0.39, 0.29) is 5.75 Å². The number of nitrogens with one attached hydrogen (secondary N) is 1. The molecule has 0 aliphatic rings. The lowest BCUT2D eigenvalue weighted by molar-refractivity contribution is -0.274. The van der Waals surface area contributed by atoms with Gasteiger partial charge in [0.05, 0.1) is 6.07 Å². The molecular weight excluding hydrogens is 245 g/mol. The van der Waals surface area contributed by atoms with Crippen molar-refractivity contribution < 1.29 is 17.9 Å². The molecule has 1 aromatic rings.